The zero-order valence-electron chi connectivity index (χ0n) is 26.5. The van der Waals surface area contributed by atoms with E-state index in [2.05, 4.69) is 130 Å². The van der Waals surface area contributed by atoms with E-state index in [1.165, 1.54) is 6.32 Å². The molecule has 0 amide bonds. The normalized spacial score (nSPS) is 27.7. The van der Waals surface area contributed by atoms with Gasteiger partial charge in [0.2, 0.25) is 6.85 Å². The van der Waals surface area contributed by atoms with Crippen molar-refractivity contribution in [3.63, 3.8) is 0 Å². The summed E-state index contributed by atoms with van der Waals surface area (Å²) in [5.41, 5.74) is 0.957. The average molecular weight is 477 g/mol. The van der Waals surface area contributed by atoms with Crippen LogP contribution >= 0.6 is 0 Å². The Bertz CT molecular complexity index is 549. The number of rotatable bonds is 0. The molecule has 0 aliphatic carbocycles. The molecule has 2 rings (SSSR count). The third kappa shape index (κ3) is 8.55. The van der Waals surface area contributed by atoms with Gasteiger partial charge in [0, 0.05) is 6.04 Å². The topological polar surface area (TPSA) is 30.5 Å². The van der Waals surface area contributed by atoms with Gasteiger partial charge in [-0.15, -0.1) is 0 Å². The first-order valence-electron chi connectivity index (χ1n) is 13.7. The zero-order valence-corrected chi connectivity index (χ0v) is 26.5. The Labute approximate surface area is 215 Å². The predicted octanol–water partition coefficient (Wildman–Crippen LogP) is 8.61. The van der Waals surface area contributed by atoms with E-state index in [1.807, 2.05) is 0 Å². The van der Waals surface area contributed by atoms with E-state index >= 15 is 0 Å². The smallest absolute Gasteiger partial charge is 0.405 e. The maximum atomic E-state index is 6.21. The lowest BCUT2D eigenvalue weighted by Crippen LogP contribution is -2.47. The SMILES string of the molecule is CC(C)(C)B1CC(C(C)(C)C)C(C(C)(C)C)N1.CC(C)(C)B1OC(C(C)(C)C)C(C(C)(C)C)O1. The van der Waals surface area contributed by atoms with Crippen molar-refractivity contribution in [3.8, 4) is 0 Å². The van der Waals surface area contributed by atoms with E-state index in [1.54, 1.807) is 0 Å². The van der Waals surface area contributed by atoms with Crippen molar-refractivity contribution in [1.82, 2.24) is 5.23 Å². The van der Waals surface area contributed by atoms with E-state index in [0.717, 1.165) is 5.92 Å². The van der Waals surface area contributed by atoms with Gasteiger partial charge in [-0.1, -0.05) is 131 Å². The van der Waals surface area contributed by atoms with Crippen molar-refractivity contribution in [2.45, 2.75) is 160 Å². The van der Waals surface area contributed by atoms with Crippen LogP contribution in [0.3, 0.4) is 0 Å². The summed E-state index contributed by atoms with van der Waals surface area (Å²) in [4.78, 5) is 0. The molecule has 2 aliphatic heterocycles. The summed E-state index contributed by atoms with van der Waals surface area (Å²) < 4.78 is 12.4. The van der Waals surface area contributed by atoms with Gasteiger partial charge in [0.25, 0.3) is 0 Å². The summed E-state index contributed by atoms with van der Waals surface area (Å²) in [6.45, 7) is 41.9. The molecule has 0 saturated carbocycles. The van der Waals surface area contributed by atoms with Crippen LogP contribution < -0.4 is 5.23 Å². The molecule has 0 aromatic heterocycles. The van der Waals surface area contributed by atoms with Gasteiger partial charge in [-0.05, 0) is 38.2 Å². The van der Waals surface area contributed by atoms with Crippen molar-refractivity contribution in [3.05, 3.63) is 0 Å². The van der Waals surface area contributed by atoms with Crippen LogP contribution in [0.25, 0.3) is 0 Å². The van der Waals surface area contributed by atoms with Crippen molar-refractivity contribution in [2.75, 3.05) is 0 Å². The number of hydrogen-bond donors (Lipinski definition) is 1. The molecule has 2 fully saturated rings. The number of nitrogens with one attached hydrogen (secondary N) is 1. The standard InChI is InChI=1S/C15H32BN.C14H29BO2/c1-13(2,3)11-10-16(15(7,8)9)17-12(11)14(4,5)6;1-12(2,3)10-11(13(4,5)6)17-15(16-10)14(7,8)9/h11-12,17H,10H2,1-9H3;10-11H,1-9H3. The molecule has 0 bridgehead atoms. The molecule has 0 radical (unpaired) electrons. The Balaban J connectivity index is 0.000000340. The molecule has 4 unspecified atom stereocenters. The third-order valence-corrected chi connectivity index (χ3v) is 7.59. The van der Waals surface area contributed by atoms with Crippen LogP contribution in [0.1, 0.15) is 125 Å². The van der Waals surface area contributed by atoms with Gasteiger partial charge < -0.3 is 14.5 Å². The van der Waals surface area contributed by atoms with E-state index in [0.29, 0.717) is 29.0 Å². The van der Waals surface area contributed by atoms with Crippen LogP contribution in [0.2, 0.25) is 16.9 Å². The molecule has 5 heteroatoms. The van der Waals surface area contributed by atoms with Crippen molar-refractivity contribution >= 4 is 14.0 Å². The summed E-state index contributed by atoms with van der Waals surface area (Å²) in [5.74, 6) is 0.770. The highest BCUT2D eigenvalue weighted by Crippen LogP contribution is 2.47. The average Bonchev–Trinajstić information content (AvgIpc) is 3.18. The highest BCUT2D eigenvalue weighted by molar-refractivity contribution is 6.60. The molecule has 4 atom stereocenters. The van der Waals surface area contributed by atoms with Gasteiger partial charge in [0.1, 0.15) is 0 Å². The van der Waals surface area contributed by atoms with Crippen LogP contribution in [0.15, 0.2) is 0 Å². The molecular formula is C29H61B2NO2. The summed E-state index contributed by atoms with van der Waals surface area (Å²) in [6.07, 6.45) is 1.63. The maximum absolute atomic E-state index is 6.21. The maximum Gasteiger partial charge on any atom is 0.463 e. The second-order valence-electron chi connectivity index (χ2n) is 17.7. The summed E-state index contributed by atoms with van der Waals surface area (Å²) in [5, 5.41) is 4.32. The van der Waals surface area contributed by atoms with Crippen LogP contribution in [-0.2, 0) is 9.31 Å². The largest absolute Gasteiger partial charge is 0.463 e. The molecule has 200 valence electrons. The predicted molar refractivity (Wildman–Crippen MR) is 154 cm³/mol. The summed E-state index contributed by atoms with van der Waals surface area (Å²) in [6, 6.07) is 0.631. The Hall–Kier alpha value is 0.00987. The van der Waals surface area contributed by atoms with Crippen LogP contribution in [0.5, 0.6) is 0 Å². The molecule has 2 aliphatic rings. The summed E-state index contributed by atoms with van der Waals surface area (Å²) >= 11 is 0. The fraction of sp³-hybridized carbons (Fsp3) is 1.00. The highest BCUT2D eigenvalue weighted by Gasteiger charge is 2.53. The monoisotopic (exact) mass is 477 g/mol. The van der Waals surface area contributed by atoms with Gasteiger partial charge in [0.05, 0.1) is 12.2 Å². The molecule has 2 heterocycles. The molecule has 34 heavy (non-hydrogen) atoms. The highest BCUT2D eigenvalue weighted by atomic mass is 16.7. The molecule has 1 N–H and O–H groups in total. The lowest BCUT2D eigenvalue weighted by atomic mass is 9.42. The molecule has 0 aromatic rings. The van der Waals surface area contributed by atoms with Gasteiger partial charge in [-0.3, -0.25) is 0 Å². The van der Waals surface area contributed by atoms with Gasteiger partial charge in [-0.25, -0.2) is 0 Å². The Kier molecular flexibility index (Phi) is 9.47. The van der Waals surface area contributed by atoms with Crippen LogP contribution in [-0.4, -0.2) is 32.2 Å². The van der Waals surface area contributed by atoms with Gasteiger partial charge in [-0.2, -0.15) is 0 Å². The van der Waals surface area contributed by atoms with Gasteiger partial charge >= 0.3 is 7.12 Å². The minimum Gasteiger partial charge on any atom is -0.405 e. The molecular weight excluding hydrogens is 416 g/mol. The second-order valence-corrected chi connectivity index (χ2v) is 17.7. The van der Waals surface area contributed by atoms with Gasteiger partial charge in [0.15, 0.2) is 0 Å². The first-order chi connectivity index (χ1) is 14.7. The van der Waals surface area contributed by atoms with Crippen molar-refractivity contribution in [2.24, 2.45) is 27.6 Å². The Morgan fingerprint density at radius 3 is 1.12 bits per heavy atom. The van der Waals surface area contributed by atoms with Crippen molar-refractivity contribution < 1.29 is 9.31 Å². The quantitative estimate of drug-likeness (QED) is 0.354. The van der Waals surface area contributed by atoms with Crippen LogP contribution in [0.4, 0.5) is 0 Å². The van der Waals surface area contributed by atoms with E-state index < -0.39 is 0 Å². The fourth-order valence-corrected chi connectivity index (χ4v) is 5.27. The lowest BCUT2D eigenvalue weighted by Gasteiger charge is -2.39. The minimum atomic E-state index is -0.101. The van der Waals surface area contributed by atoms with E-state index in [-0.39, 0.29) is 35.5 Å². The molecule has 3 nitrogen and oxygen atoms in total. The molecule has 2 saturated heterocycles. The fourth-order valence-electron chi connectivity index (χ4n) is 5.27. The zero-order chi connectivity index (χ0) is 27.3. The lowest BCUT2D eigenvalue weighted by molar-refractivity contribution is 0.000876. The third-order valence-electron chi connectivity index (χ3n) is 7.59. The molecule has 0 spiro atoms. The van der Waals surface area contributed by atoms with E-state index in [4.69, 9.17) is 9.31 Å². The van der Waals surface area contributed by atoms with Crippen LogP contribution in [0, 0.1) is 27.6 Å². The summed E-state index contributed by atoms with van der Waals surface area (Å²) in [7, 11) is -0.101. The first kappa shape index (κ1) is 32.0. The molecule has 0 aromatic carbocycles. The first-order valence-corrected chi connectivity index (χ1v) is 13.7. The van der Waals surface area contributed by atoms with Crippen molar-refractivity contribution in [1.29, 1.82) is 0 Å². The number of hydrogen-bond acceptors (Lipinski definition) is 3. The minimum absolute atomic E-state index is 0.0312. The van der Waals surface area contributed by atoms with E-state index in [9.17, 15) is 0 Å². The Morgan fingerprint density at radius 2 is 0.912 bits per heavy atom. The Morgan fingerprint density at radius 1 is 0.529 bits per heavy atom. The second kappa shape index (κ2) is 10.1.